The van der Waals surface area contributed by atoms with Gasteiger partial charge in [0.05, 0.1) is 10.6 Å². The van der Waals surface area contributed by atoms with Crippen LogP contribution in [0.15, 0.2) is 47.4 Å². The molecule has 0 saturated carbocycles. The van der Waals surface area contributed by atoms with Crippen LogP contribution in [0.5, 0.6) is 0 Å². The molecule has 0 spiro atoms. The summed E-state index contributed by atoms with van der Waals surface area (Å²) in [5.74, 6) is -0.327. The molecule has 6 nitrogen and oxygen atoms in total. The Labute approximate surface area is 189 Å². The lowest BCUT2D eigenvalue weighted by atomic mass is 9.96. The minimum Gasteiger partial charge on any atom is -0.366 e. The summed E-state index contributed by atoms with van der Waals surface area (Å²) in [6, 6.07) is 12.2. The number of carbonyl (C=O) groups is 1. The molecule has 4 rings (SSSR count). The largest absolute Gasteiger partial charge is 0.366 e. The van der Waals surface area contributed by atoms with Crippen molar-refractivity contribution in [2.24, 2.45) is 5.92 Å². The van der Waals surface area contributed by atoms with Crippen LogP contribution in [0.1, 0.15) is 24.0 Å². The average molecular weight is 460 g/mol. The molecular formula is C24H30FN3O3S. The minimum atomic E-state index is -3.56. The van der Waals surface area contributed by atoms with Gasteiger partial charge in [-0.1, -0.05) is 24.3 Å². The fraction of sp³-hybridized carbons (Fsp3) is 0.458. The van der Waals surface area contributed by atoms with Crippen molar-refractivity contribution >= 4 is 21.6 Å². The number of anilines is 1. The normalized spacial score (nSPS) is 18.7. The van der Waals surface area contributed by atoms with Crippen molar-refractivity contribution in [3.63, 3.8) is 0 Å². The lowest BCUT2D eigenvalue weighted by Crippen LogP contribution is -2.52. The van der Waals surface area contributed by atoms with Gasteiger partial charge in [0.1, 0.15) is 5.82 Å². The molecule has 2 aromatic carbocycles. The van der Waals surface area contributed by atoms with Crippen molar-refractivity contribution in [2.45, 2.75) is 31.6 Å². The second-order valence-electron chi connectivity index (χ2n) is 8.71. The van der Waals surface area contributed by atoms with Crippen LogP contribution in [0.4, 0.5) is 10.1 Å². The number of sulfonamides is 1. The van der Waals surface area contributed by atoms with Crippen LogP contribution in [0.25, 0.3) is 0 Å². The molecule has 0 aromatic heterocycles. The summed E-state index contributed by atoms with van der Waals surface area (Å²) in [6.45, 7) is 6.67. The first-order chi connectivity index (χ1) is 15.3. The molecule has 0 radical (unpaired) electrons. The van der Waals surface area contributed by atoms with Crippen molar-refractivity contribution in [3.05, 3.63) is 59.4 Å². The van der Waals surface area contributed by atoms with E-state index in [0.717, 1.165) is 11.1 Å². The van der Waals surface area contributed by atoms with Gasteiger partial charge in [-0.15, -0.1) is 0 Å². The summed E-state index contributed by atoms with van der Waals surface area (Å²) in [5.41, 5.74) is 2.22. The molecule has 0 N–H and O–H groups in total. The molecule has 32 heavy (non-hydrogen) atoms. The van der Waals surface area contributed by atoms with Crippen LogP contribution >= 0.6 is 0 Å². The molecule has 2 fully saturated rings. The lowest BCUT2D eigenvalue weighted by molar-refractivity contribution is -0.137. The van der Waals surface area contributed by atoms with E-state index >= 15 is 0 Å². The van der Waals surface area contributed by atoms with Gasteiger partial charge in [0, 0.05) is 45.2 Å². The molecule has 2 heterocycles. The summed E-state index contributed by atoms with van der Waals surface area (Å²) >= 11 is 0. The van der Waals surface area contributed by atoms with Crippen molar-refractivity contribution in [1.29, 1.82) is 0 Å². The Morgan fingerprint density at radius 1 is 0.938 bits per heavy atom. The molecule has 2 saturated heterocycles. The molecule has 0 aliphatic carbocycles. The number of piperidine rings is 1. The summed E-state index contributed by atoms with van der Waals surface area (Å²) < 4.78 is 41.8. The second kappa shape index (κ2) is 9.19. The summed E-state index contributed by atoms with van der Waals surface area (Å²) in [5, 5.41) is 0. The number of rotatable bonds is 4. The third kappa shape index (κ3) is 4.52. The third-order valence-corrected chi connectivity index (χ3v) is 8.59. The summed E-state index contributed by atoms with van der Waals surface area (Å²) in [4.78, 5) is 17.2. The fourth-order valence-corrected chi connectivity index (χ4v) is 6.38. The number of carbonyl (C=O) groups excluding carboxylic acids is 1. The van der Waals surface area contributed by atoms with Gasteiger partial charge in [-0.3, -0.25) is 4.79 Å². The van der Waals surface area contributed by atoms with E-state index in [1.165, 1.54) is 10.4 Å². The highest BCUT2D eigenvalue weighted by Crippen LogP contribution is 2.28. The van der Waals surface area contributed by atoms with Crippen molar-refractivity contribution in [3.8, 4) is 0 Å². The molecule has 8 heteroatoms. The SMILES string of the molecule is Cc1ccc(C)c(S(=O)(=O)N2CCC(C(=O)N3CCN(c4ccccc4F)CC3)CC2)c1. The minimum absolute atomic E-state index is 0.0852. The Hall–Kier alpha value is -2.45. The van der Waals surface area contributed by atoms with Crippen molar-refractivity contribution in [1.82, 2.24) is 9.21 Å². The van der Waals surface area contributed by atoms with Gasteiger partial charge in [0.2, 0.25) is 15.9 Å². The summed E-state index contributed by atoms with van der Waals surface area (Å²) in [7, 11) is -3.56. The van der Waals surface area contributed by atoms with E-state index in [4.69, 9.17) is 0 Å². The Balaban J connectivity index is 1.34. The standard InChI is InChI=1S/C24H30FN3O3S/c1-18-7-8-19(2)23(17-18)32(30,31)28-11-9-20(10-12-28)24(29)27-15-13-26(14-16-27)22-6-4-3-5-21(22)25/h3-8,17,20H,9-16H2,1-2H3. The van der Waals surface area contributed by atoms with Crippen LogP contribution in [0.2, 0.25) is 0 Å². The molecule has 2 aliphatic heterocycles. The van der Waals surface area contributed by atoms with E-state index in [-0.39, 0.29) is 17.6 Å². The van der Waals surface area contributed by atoms with Gasteiger partial charge in [-0.2, -0.15) is 4.31 Å². The van der Waals surface area contributed by atoms with Gasteiger partial charge in [-0.25, -0.2) is 12.8 Å². The average Bonchev–Trinajstić information content (AvgIpc) is 2.80. The molecule has 2 aliphatic rings. The highest BCUT2D eigenvalue weighted by Gasteiger charge is 2.35. The van der Waals surface area contributed by atoms with E-state index in [2.05, 4.69) is 0 Å². The quantitative estimate of drug-likeness (QED) is 0.705. The number of benzene rings is 2. The van der Waals surface area contributed by atoms with Gasteiger partial charge in [0.15, 0.2) is 0 Å². The van der Waals surface area contributed by atoms with Crippen molar-refractivity contribution < 1.29 is 17.6 Å². The number of aryl methyl sites for hydroxylation is 2. The van der Waals surface area contributed by atoms with Crippen LogP contribution in [0, 0.1) is 25.6 Å². The Bertz CT molecular complexity index is 1090. The van der Waals surface area contributed by atoms with E-state index in [0.29, 0.717) is 62.7 Å². The highest BCUT2D eigenvalue weighted by molar-refractivity contribution is 7.89. The van der Waals surface area contributed by atoms with E-state index in [9.17, 15) is 17.6 Å². The molecule has 0 atom stereocenters. The maximum atomic E-state index is 14.0. The molecular weight excluding hydrogens is 429 g/mol. The maximum Gasteiger partial charge on any atom is 0.243 e. The maximum absolute atomic E-state index is 14.0. The predicted octanol–water partition coefficient (Wildman–Crippen LogP) is 3.19. The first kappa shape index (κ1) is 22.7. The number of halogens is 1. The Morgan fingerprint density at radius 3 is 2.25 bits per heavy atom. The number of amides is 1. The first-order valence-corrected chi connectivity index (χ1v) is 12.6. The Kier molecular flexibility index (Phi) is 6.53. The van der Waals surface area contributed by atoms with E-state index in [1.54, 1.807) is 18.2 Å². The van der Waals surface area contributed by atoms with Gasteiger partial charge in [0.25, 0.3) is 0 Å². The smallest absolute Gasteiger partial charge is 0.243 e. The topological polar surface area (TPSA) is 60.9 Å². The number of nitrogens with zero attached hydrogens (tertiary/aromatic N) is 3. The van der Waals surface area contributed by atoms with Crippen LogP contribution < -0.4 is 4.90 Å². The second-order valence-corrected chi connectivity index (χ2v) is 10.6. The number of piperazine rings is 1. The predicted molar refractivity (Wildman–Crippen MR) is 123 cm³/mol. The zero-order valence-electron chi connectivity index (χ0n) is 18.6. The lowest BCUT2D eigenvalue weighted by Gasteiger charge is -2.39. The van der Waals surface area contributed by atoms with Gasteiger partial charge in [-0.05, 0) is 56.0 Å². The summed E-state index contributed by atoms with van der Waals surface area (Å²) in [6.07, 6.45) is 1.05. The zero-order chi connectivity index (χ0) is 22.9. The number of hydrogen-bond donors (Lipinski definition) is 0. The van der Waals surface area contributed by atoms with Crippen molar-refractivity contribution in [2.75, 3.05) is 44.2 Å². The van der Waals surface area contributed by atoms with E-state index in [1.807, 2.05) is 41.8 Å². The van der Waals surface area contributed by atoms with Crippen LogP contribution in [-0.2, 0) is 14.8 Å². The molecule has 172 valence electrons. The molecule has 2 aromatic rings. The highest BCUT2D eigenvalue weighted by atomic mass is 32.2. The number of hydrogen-bond acceptors (Lipinski definition) is 4. The zero-order valence-corrected chi connectivity index (χ0v) is 19.4. The van der Waals surface area contributed by atoms with E-state index < -0.39 is 10.0 Å². The van der Waals surface area contributed by atoms with Crippen LogP contribution in [-0.4, -0.2) is 62.8 Å². The molecule has 0 unspecified atom stereocenters. The third-order valence-electron chi connectivity index (χ3n) is 6.55. The fourth-order valence-electron chi connectivity index (χ4n) is 4.60. The van der Waals surface area contributed by atoms with Gasteiger partial charge >= 0.3 is 0 Å². The van der Waals surface area contributed by atoms with Gasteiger partial charge < -0.3 is 9.80 Å². The molecule has 1 amide bonds. The first-order valence-electron chi connectivity index (χ1n) is 11.1. The number of para-hydroxylation sites is 1. The Morgan fingerprint density at radius 2 is 1.59 bits per heavy atom. The molecule has 0 bridgehead atoms. The van der Waals surface area contributed by atoms with Crippen LogP contribution in [0.3, 0.4) is 0 Å². The monoisotopic (exact) mass is 459 g/mol.